The smallest absolute Gasteiger partial charge is 0.282 e. The number of imide groups is 1. The molecule has 6 nitrogen and oxygen atoms in total. The van der Waals surface area contributed by atoms with E-state index in [-0.39, 0.29) is 17.7 Å². The number of nitrogens with one attached hydrogen (secondary N) is 1. The van der Waals surface area contributed by atoms with Gasteiger partial charge >= 0.3 is 0 Å². The largest absolute Gasteiger partial charge is 0.366 e. The zero-order valence-corrected chi connectivity index (χ0v) is 17.6. The Morgan fingerprint density at radius 1 is 1.00 bits per heavy atom. The molecule has 0 aliphatic carbocycles. The summed E-state index contributed by atoms with van der Waals surface area (Å²) in [6.45, 7) is 4.72. The van der Waals surface area contributed by atoms with Crippen LogP contribution in [0.4, 0.5) is 11.4 Å². The van der Waals surface area contributed by atoms with Crippen LogP contribution in [-0.2, 0) is 14.4 Å². The van der Waals surface area contributed by atoms with E-state index in [1.54, 1.807) is 49.4 Å². The standard InChI is InChI=1S/C23H22ClN3O3/c1-14-18(24)6-5-7-19(14)27-22(29)20(21(23(27)30)26-12-3-4-13-26)16-8-10-17(11-9-16)25-15(2)28/h5-11H,3-4,12-13H2,1-2H3,(H,25,28). The fraction of sp³-hybridized carbons (Fsp3) is 0.261. The van der Waals surface area contributed by atoms with Crippen LogP contribution in [0.1, 0.15) is 30.9 Å². The van der Waals surface area contributed by atoms with Crippen molar-refractivity contribution in [3.05, 3.63) is 64.3 Å². The topological polar surface area (TPSA) is 69.7 Å². The van der Waals surface area contributed by atoms with Gasteiger partial charge in [0.05, 0.1) is 11.3 Å². The highest BCUT2D eigenvalue weighted by atomic mass is 35.5. The van der Waals surface area contributed by atoms with Crippen molar-refractivity contribution < 1.29 is 14.4 Å². The Balaban J connectivity index is 1.80. The van der Waals surface area contributed by atoms with Crippen molar-refractivity contribution in [1.82, 2.24) is 4.90 Å². The van der Waals surface area contributed by atoms with Crippen LogP contribution in [0.2, 0.25) is 5.02 Å². The van der Waals surface area contributed by atoms with Gasteiger partial charge in [0.1, 0.15) is 5.70 Å². The number of nitrogens with zero attached hydrogens (tertiary/aromatic N) is 2. The molecule has 0 bridgehead atoms. The van der Waals surface area contributed by atoms with E-state index >= 15 is 0 Å². The van der Waals surface area contributed by atoms with Crippen molar-refractivity contribution in [2.75, 3.05) is 23.3 Å². The molecule has 1 saturated heterocycles. The quantitative estimate of drug-likeness (QED) is 0.755. The van der Waals surface area contributed by atoms with Gasteiger partial charge in [-0.05, 0) is 55.2 Å². The summed E-state index contributed by atoms with van der Waals surface area (Å²) in [5.41, 5.74) is 3.28. The number of amides is 3. The molecule has 4 rings (SSSR count). The summed E-state index contributed by atoms with van der Waals surface area (Å²) < 4.78 is 0. The fourth-order valence-electron chi connectivity index (χ4n) is 3.99. The van der Waals surface area contributed by atoms with Gasteiger partial charge in [-0.25, -0.2) is 4.90 Å². The Labute approximate surface area is 180 Å². The molecule has 2 aliphatic rings. The highest BCUT2D eigenvalue weighted by molar-refractivity contribution is 6.46. The lowest BCUT2D eigenvalue weighted by Crippen LogP contribution is -2.35. The number of benzene rings is 2. The minimum atomic E-state index is -0.362. The van der Waals surface area contributed by atoms with Gasteiger partial charge in [0, 0.05) is 30.7 Å². The van der Waals surface area contributed by atoms with Crippen LogP contribution < -0.4 is 10.2 Å². The van der Waals surface area contributed by atoms with Crippen molar-refractivity contribution in [3.63, 3.8) is 0 Å². The van der Waals surface area contributed by atoms with Crippen LogP contribution >= 0.6 is 11.6 Å². The molecule has 0 radical (unpaired) electrons. The molecule has 7 heteroatoms. The Kier molecular flexibility index (Phi) is 5.35. The zero-order valence-electron chi connectivity index (χ0n) is 16.9. The summed E-state index contributed by atoms with van der Waals surface area (Å²) in [7, 11) is 0. The van der Waals surface area contributed by atoms with E-state index in [9.17, 15) is 14.4 Å². The zero-order chi connectivity index (χ0) is 21.4. The number of hydrogen-bond acceptors (Lipinski definition) is 4. The monoisotopic (exact) mass is 423 g/mol. The van der Waals surface area contributed by atoms with Crippen molar-refractivity contribution in [1.29, 1.82) is 0 Å². The molecule has 2 aliphatic heterocycles. The van der Waals surface area contributed by atoms with Gasteiger partial charge in [-0.15, -0.1) is 0 Å². The number of hydrogen-bond donors (Lipinski definition) is 1. The third-order valence-corrected chi connectivity index (χ3v) is 5.87. The van der Waals surface area contributed by atoms with Gasteiger partial charge in [0.2, 0.25) is 5.91 Å². The molecule has 30 heavy (non-hydrogen) atoms. The highest BCUT2D eigenvalue weighted by Gasteiger charge is 2.43. The van der Waals surface area contributed by atoms with E-state index in [1.807, 2.05) is 4.90 Å². The van der Waals surface area contributed by atoms with E-state index in [4.69, 9.17) is 11.6 Å². The van der Waals surface area contributed by atoms with Crippen LogP contribution in [0, 0.1) is 6.92 Å². The first kappa shape index (κ1) is 20.2. The SMILES string of the molecule is CC(=O)Nc1ccc(C2=C(N3CCCC3)C(=O)N(c3cccc(Cl)c3C)C2=O)cc1. The fourth-order valence-corrected chi connectivity index (χ4v) is 4.16. The molecule has 0 atom stereocenters. The molecule has 154 valence electrons. The molecule has 0 unspecified atom stereocenters. The third kappa shape index (κ3) is 3.48. The van der Waals surface area contributed by atoms with E-state index in [0.717, 1.165) is 25.9 Å². The van der Waals surface area contributed by atoms with Crippen LogP contribution in [0.3, 0.4) is 0 Å². The van der Waals surface area contributed by atoms with Crippen molar-refractivity contribution >= 4 is 46.3 Å². The molecule has 1 N–H and O–H groups in total. The lowest BCUT2D eigenvalue weighted by Gasteiger charge is -2.21. The van der Waals surface area contributed by atoms with E-state index in [2.05, 4.69) is 5.32 Å². The number of carbonyl (C=O) groups excluding carboxylic acids is 3. The maximum absolute atomic E-state index is 13.5. The predicted molar refractivity (Wildman–Crippen MR) is 117 cm³/mol. The van der Waals surface area contributed by atoms with E-state index < -0.39 is 0 Å². The number of anilines is 2. The first-order valence-electron chi connectivity index (χ1n) is 9.89. The summed E-state index contributed by atoms with van der Waals surface area (Å²) in [6.07, 6.45) is 1.96. The third-order valence-electron chi connectivity index (χ3n) is 5.46. The van der Waals surface area contributed by atoms with Gasteiger partial charge in [0.25, 0.3) is 11.8 Å². The second kappa shape index (κ2) is 7.95. The van der Waals surface area contributed by atoms with Gasteiger partial charge in [0.15, 0.2) is 0 Å². The Morgan fingerprint density at radius 2 is 1.67 bits per heavy atom. The molecule has 1 fully saturated rings. The first-order valence-corrected chi connectivity index (χ1v) is 10.3. The summed E-state index contributed by atoms with van der Waals surface area (Å²) in [4.78, 5) is 41.5. The van der Waals surface area contributed by atoms with Crippen LogP contribution in [0.25, 0.3) is 5.57 Å². The molecule has 0 aromatic heterocycles. The summed E-state index contributed by atoms with van der Waals surface area (Å²) in [5, 5.41) is 3.22. The normalized spacial score (nSPS) is 16.6. The van der Waals surface area contributed by atoms with Crippen molar-refractivity contribution in [2.45, 2.75) is 26.7 Å². The van der Waals surface area contributed by atoms with Crippen LogP contribution in [0.5, 0.6) is 0 Å². The maximum atomic E-state index is 13.5. The number of carbonyl (C=O) groups is 3. The Hall–Kier alpha value is -3.12. The van der Waals surface area contributed by atoms with Crippen molar-refractivity contribution in [3.8, 4) is 0 Å². The minimum absolute atomic E-state index is 0.172. The summed E-state index contributed by atoms with van der Waals surface area (Å²) >= 11 is 6.26. The molecular formula is C23H22ClN3O3. The lowest BCUT2D eigenvalue weighted by molar-refractivity contribution is -0.120. The minimum Gasteiger partial charge on any atom is -0.366 e. The van der Waals surface area contributed by atoms with Crippen LogP contribution in [0.15, 0.2) is 48.2 Å². The maximum Gasteiger partial charge on any atom is 0.282 e. The summed E-state index contributed by atoms with van der Waals surface area (Å²) in [6, 6.07) is 12.2. The molecule has 2 aromatic rings. The van der Waals surface area contributed by atoms with Crippen LogP contribution in [-0.4, -0.2) is 35.7 Å². The number of likely N-dealkylation sites (tertiary alicyclic amines) is 1. The van der Waals surface area contributed by atoms with Gasteiger partial charge < -0.3 is 10.2 Å². The second-order valence-corrected chi connectivity index (χ2v) is 7.91. The Morgan fingerprint density at radius 3 is 2.30 bits per heavy atom. The van der Waals surface area contributed by atoms with E-state index in [0.29, 0.717) is 38.8 Å². The summed E-state index contributed by atoms with van der Waals surface area (Å²) in [5.74, 6) is -0.859. The van der Waals surface area contributed by atoms with Gasteiger partial charge in [-0.1, -0.05) is 29.8 Å². The van der Waals surface area contributed by atoms with Crippen molar-refractivity contribution in [2.24, 2.45) is 0 Å². The molecule has 3 amide bonds. The highest BCUT2D eigenvalue weighted by Crippen LogP contribution is 2.38. The number of halogens is 1. The molecule has 0 saturated carbocycles. The lowest BCUT2D eigenvalue weighted by atomic mass is 10.0. The Bertz CT molecular complexity index is 1070. The van der Waals surface area contributed by atoms with E-state index in [1.165, 1.54) is 11.8 Å². The average Bonchev–Trinajstić information content (AvgIpc) is 3.31. The predicted octanol–water partition coefficient (Wildman–Crippen LogP) is 3.99. The molecule has 0 spiro atoms. The molecule has 2 aromatic carbocycles. The average molecular weight is 424 g/mol. The molecular weight excluding hydrogens is 402 g/mol. The number of rotatable bonds is 4. The van der Waals surface area contributed by atoms with Gasteiger partial charge in [-0.3, -0.25) is 14.4 Å². The second-order valence-electron chi connectivity index (χ2n) is 7.51. The molecule has 2 heterocycles. The first-order chi connectivity index (χ1) is 14.4. The van der Waals surface area contributed by atoms with Gasteiger partial charge in [-0.2, -0.15) is 0 Å².